The molecule has 0 aromatic heterocycles. The van der Waals surface area contributed by atoms with Gasteiger partial charge in [0.25, 0.3) is 0 Å². The zero-order valence-corrected chi connectivity index (χ0v) is 17.0. The second-order valence-corrected chi connectivity index (χ2v) is 8.38. The Labute approximate surface area is 162 Å². The molecule has 6 heteroatoms. The van der Waals surface area contributed by atoms with Crippen molar-refractivity contribution in [3.05, 3.63) is 0 Å². The van der Waals surface area contributed by atoms with Gasteiger partial charge in [-0.2, -0.15) is 0 Å². The van der Waals surface area contributed by atoms with E-state index >= 15 is 0 Å². The molecule has 5 nitrogen and oxygen atoms in total. The SMILES string of the molecule is CN=C(NC1CCN(C2CC2)C1)NC1C2CCOC2C12CCC2.I. The Morgan fingerprint density at radius 2 is 2.00 bits per heavy atom. The molecule has 0 aromatic carbocycles. The lowest BCUT2D eigenvalue weighted by molar-refractivity contribution is -0.171. The van der Waals surface area contributed by atoms with E-state index < -0.39 is 0 Å². The van der Waals surface area contributed by atoms with E-state index in [1.54, 1.807) is 0 Å². The summed E-state index contributed by atoms with van der Waals surface area (Å²) < 4.78 is 6.03. The summed E-state index contributed by atoms with van der Waals surface area (Å²) in [6.45, 7) is 3.40. The molecular weight excluding hydrogens is 415 g/mol. The minimum Gasteiger partial charge on any atom is -0.377 e. The summed E-state index contributed by atoms with van der Waals surface area (Å²) in [4.78, 5) is 7.19. The predicted octanol–water partition coefficient (Wildman–Crippen LogP) is 1.96. The van der Waals surface area contributed by atoms with Gasteiger partial charge in [-0.1, -0.05) is 6.42 Å². The summed E-state index contributed by atoms with van der Waals surface area (Å²) in [7, 11) is 1.91. The first kappa shape index (κ1) is 17.3. The van der Waals surface area contributed by atoms with Crippen molar-refractivity contribution in [2.45, 2.75) is 69.2 Å². The summed E-state index contributed by atoms with van der Waals surface area (Å²) in [5.41, 5.74) is 0.425. The molecule has 0 bridgehead atoms. The number of nitrogens with zero attached hydrogens (tertiary/aromatic N) is 2. The van der Waals surface area contributed by atoms with Crippen LogP contribution in [-0.2, 0) is 4.74 Å². The zero-order valence-electron chi connectivity index (χ0n) is 14.7. The first-order chi connectivity index (χ1) is 11.3. The quantitative estimate of drug-likeness (QED) is 0.396. The van der Waals surface area contributed by atoms with Gasteiger partial charge in [0.1, 0.15) is 0 Å². The Morgan fingerprint density at radius 3 is 2.67 bits per heavy atom. The molecule has 2 heterocycles. The van der Waals surface area contributed by atoms with E-state index in [9.17, 15) is 0 Å². The third-order valence-corrected chi connectivity index (χ3v) is 7.18. The van der Waals surface area contributed by atoms with Crippen molar-refractivity contribution < 1.29 is 4.74 Å². The number of likely N-dealkylation sites (tertiary alicyclic amines) is 1. The van der Waals surface area contributed by atoms with Crippen molar-refractivity contribution in [3.8, 4) is 0 Å². The molecule has 3 aliphatic carbocycles. The van der Waals surface area contributed by atoms with Crippen molar-refractivity contribution in [1.82, 2.24) is 15.5 Å². The number of nitrogens with one attached hydrogen (secondary N) is 2. The van der Waals surface area contributed by atoms with Gasteiger partial charge < -0.3 is 15.4 Å². The highest BCUT2D eigenvalue weighted by atomic mass is 127. The van der Waals surface area contributed by atoms with Gasteiger partial charge in [-0.05, 0) is 38.5 Å². The first-order valence-corrected chi connectivity index (χ1v) is 9.66. The molecule has 24 heavy (non-hydrogen) atoms. The van der Waals surface area contributed by atoms with Gasteiger partial charge in [0.15, 0.2) is 5.96 Å². The van der Waals surface area contributed by atoms with Gasteiger partial charge in [-0.15, -0.1) is 24.0 Å². The first-order valence-electron chi connectivity index (χ1n) is 9.66. The lowest BCUT2D eigenvalue weighted by Gasteiger charge is -2.63. The van der Waals surface area contributed by atoms with Crippen LogP contribution >= 0.6 is 24.0 Å². The van der Waals surface area contributed by atoms with E-state index in [1.807, 2.05) is 7.05 Å². The van der Waals surface area contributed by atoms with Crippen LogP contribution in [0.4, 0.5) is 0 Å². The number of guanidine groups is 1. The summed E-state index contributed by atoms with van der Waals surface area (Å²) in [5.74, 6) is 1.73. The van der Waals surface area contributed by atoms with Crippen molar-refractivity contribution in [2.24, 2.45) is 16.3 Å². The minimum atomic E-state index is 0. The van der Waals surface area contributed by atoms with Crippen molar-refractivity contribution in [3.63, 3.8) is 0 Å². The molecule has 5 rings (SSSR count). The van der Waals surface area contributed by atoms with Crippen LogP contribution in [0.2, 0.25) is 0 Å². The number of fused-ring (bicyclic) bond motifs is 2. The molecule has 136 valence electrons. The fraction of sp³-hybridized carbons (Fsp3) is 0.944. The normalized spacial score (nSPS) is 40.5. The maximum Gasteiger partial charge on any atom is 0.191 e. The Kier molecular flexibility index (Phi) is 4.75. The molecule has 2 N–H and O–H groups in total. The van der Waals surface area contributed by atoms with E-state index in [0.29, 0.717) is 29.5 Å². The maximum absolute atomic E-state index is 6.03. The molecule has 2 aliphatic heterocycles. The highest BCUT2D eigenvalue weighted by Gasteiger charge is 2.66. The highest BCUT2D eigenvalue weighted by Crippen LogP contribution is 2.62. The smallest absolute Gasteiger partial charge is 0.191 e. The number of hydrogen-bond acceptors (Lipinski definition) is 3. The maximum atomic E-state index is 6.03. The van der Waals surface area contributed by atoms with Crippen molar-refractivity contribution in [1.29, 1.82) is 0 Å². The van der Waals surface area contributed by atoms with Gasteiger partial charge in [-0.3, -0.25) is 9.89 Å². The van der Waals surface area contributed by atoms with E-state index in [4.69, 9.17) is 4.74 Å². The molecule has 4 atom stereocenters. The Morgan fingerprint density at radius 1 is 1.17 bits per heavy atom. The van der Waals surface area contributed by atoms with Crippen LogP contribution < -0.4 is 10.6 Å². The average molecular weight is 446 g/mol. The third-order valence-electron chi connectivity index (χ3n) is 7.18. The van der Waals surface area contributed by atoms with Crippen LogP contribution in [-0.4, -0.2) is 61.8 Å². The molecular formula is C18H31IN4O. The Bertz CT molecular complexity index is 505. The topological polar surface area (TPSA) is 48.9 Å². The number of rotatable bonds is 3. The van der Waals surface area contributed by atoms with Crippen molar-refractivity contribution in [2.75, 3.05) is 26.7 Å². The lowest BCUT2D eigenvalue weighted by Crippen LogP contribution is -2.72. The summed E-state index contributed by atoms with van der Waals surface area (Å²) in [5, 5.41) is 7.49. The van der Waals surface area contributed by atoms with Gasteiger partial charge in [0.05, 0.1) is 6.10 Å². The van der Waals surface area contributed by atoms with Crippen LogP contribution in [0.25, 0.3) is 0 Å². The predicted molar refractivity (Wildman–Crippen MR) is 106 cm³/mol. The number of aliphatic imine (C=N–C) groups is 1. The molecule has 1 spiro atoms. The standard InChI is InChI=1S/C18H30N4O.HI/c1-19-17(20-12-5-9-22(11-12)13-3-4-13)21-15-14-6-10-23-16(14)18(15)7-2-8-18;/h12-16H,2-11H2,1H3,(H2,19,20,21);1H. The Balaban J connectivity index is 0.00000146. The lowest BCUT2D eigenvalue weighted by atomic mass is 9.46. The van der Waals surface area contributed by atoms with Gasteiger partial charge >= 0.3 is 0 Å². The largest absolute Gasteiger partial charge is 0.377 e. The molecule has 2 saturated heterocycles. The summed E-state index contributed by atoms with van der Waals surface area (Å²) in [6, 6.07) is 2.03. The zero-order chi connectivity index (χ0) is 15.4. The fourth-order valence-electron chi connectivity index (χ4n) is 5.64. The molecule has 0 aromatic rings. The van der Waals surface area contributed by atoms with Gasteiger partial charge in [0.2, 0.25) is 0 Å². The summed E-state index contributed by atoms with van der Waals surface area (Å²) in [6.07, 6.45) is 9.87. The monoisotopic (exact) mass is 446 g/mol. The van der Waals surface area contributed by atoms with Crippen LogP contribution in [0, 0.1) is 11.3 Å². The number of ether oxygens (including phenoxy) is 1. The number of hydrogen-bond donors (Lipinski definition) is 2. The van der Waals surface area contributed by atoms with Crippen molar-refractivity contribution >= 4 is 29.9 Å². The molecule has 0 amide bonds. The highest BCUT2D eigenvalue weighted by molar-refractivity contribution is 14.0. The Hall–Kier alpha value is -0.0800. The van der Waals surface area contributed by atoms with E-state index in [0.717, 1.165) is 18.6 Å². The van der Waals surface area contributed by atoms with Gasteiger partial charge in [-0.25, -0.2) is 0 Å². The van der Waals surface area contributed by atoms with E-state index in [2.05, 4.69) is 20.5 Å². The average Bonchev–Trinajstić information content (AvgIpc) is 3.10. The van der Waals surface area contributed by atoms with Crippen LogP contribution in [0.1, 0.15) is 44.9 Å². The second-order valence-electron chi connectivity index (χ2n) is 8.38. The molecule has 3 saturated carbocycles. The third kappa shape index (κ3) is 2.67. The minimum absolute atomic E-state index is 0. The summed E-state index contributed by atoms with van der Waals surface area (Å²) >= 11 is 0. The van der Waals surface area contributed by atoms with E-state index in [-0.39, 0.29) is 24.0 Å². The van der Waals surface area contributed by atoms with Crippen LogP contribution in [0.15, 0.2) is 4.99 Å². The molecule has 0 radical (unpaired) electrons. The molecule has 5 aliphatic rings. The van der Waals surface area contributed by atoms with Crippen LogP contribution in [0.5, 0.6) is 0 Å². The molecule has 4 unspecified atom stereocenters. The van der Waals surface area contributed by atoms with Crippen LogP contribution in [0.3, 0.4) is 0 Å². The second kappa shape index (κ2) is 6.58. The van der Waals surface area contributed by atoms with E-state index in [1.165, 1.54) is 58.0 Å². The number of halogens is 1. The van der Waals surface area contributed by atoms with Gasteiger partial charge in [0, 0.05) is 56.2 Å². The molecule has 5 fully saturated rings. The fourth-order valence-corrected chi connectivity index (χ4v) is 5.64.